The highest BCUT2D eigenvalue weighted by atomic mass is 19.1. The Balaban J connectivity index is 1.60. The standard InChI is InChI=1S/C33H29FN4O3/c1-21-5-7-25(8-6-21)32(40)35-27-15-9-23(10-16-27)30-31(24-11-17-28(18-12-24)37(3)4)36-38(33(30)41-22(2)39)29-19-13-26(34)14-20-29/h5-20H,1-4H3,(H,35,40). The molecule has 0 aliphatic carbocycles. The summed E-state index contributed by atoms with van der Waals surface area (Å²) in [6.45, 7) is 3.29. The highest BCUT2D eigenvalue weighted by Gasteiger charge is 2.25. The van der Waals surface area contributed by atoms with E-state index in [0.29, 0.717) is 28.2 Å². The Kier molecular flexibility index (Phi) is 7.65. The SMILES string of the molecule is CC(=O)Oc1c(-c2ccc(NC(=O)c3ccc(C)cc3)cc2)c(-c2ccc(N(C)C)cc2)nn1-c1ccc(F)cc1. The van der Waals surface area contributed by atoms with Crippen LogP contribution in [0.15, 0.2) is 97.1 Å². The molecule has 0 fully saturated rings. The third kappa shape index (κ3) is 6.01. The van der Waals surface area contributed by atoms with Crippen molar-refractivity contribution < 1.29 is 18.7 Å². The molecule has 206 valence electrons. The predicted molar refractivity (Wildman–Crippen MR) is 159 cm³/mol. The molecule has 4 aromatic carbocycles. The van der Waals surface area contributed by atoms with Crippen molar-refractivity contribution >= 4 is 23.3 Å². The molecule has 1 N–H and O–H groups in total. The minimum atomic E-state index is -0.522. The Morgan fingerprint density at radius 2 is 1.44 bits per heavy atom. The lowest BCUT2D eigenvalue weighted by molar-refractivity contribution is -0.132. The van der Waals surface area contributed by atoms with Crippen LogP contribution in [0.5, 0.6) is 5.88 Å². The van der Waals surface area contributed by atoms with Crippen LogP contribution in [-0.2, 0) is 4.79 Å². The van der Waals surface area contributed by atoms with E-state index in [4.69, 9.17) is 9.84 Å². The van der Waals surface area contributed by atoms with E-state index in [9.17, 15) is 14.0 Å². The number of nitrogens with zero attached hydrogens (tertiary/aromatic N) is 3. The number of hydrogen-bond donors (Lipinski definition) is 1. The lowest BCUT2D eigenvalue weighted by Crippen LogP contribution is -2.11. The quantitative estimate of drug-likeness (QED) is 0.224. The Hall–Kier alpha value is -5.24. The monoisotopic (exact) mass is 548 g/mol. The van der Waals surface area contributed by atoms with Gasteiger partial charge in [0.05, 0.1) is 11.3 Å². The predicted octanol–water partition coefficient (Wildman–Crippen LogP) is 6.90. The lowest BCUT2D eigenvalue weighted by Gasteiger charge is -2.13. The molecule has 1 aromatic heterocycles. The van der Waals surface area contributed by atoms with E-state index in [-0.39, 0.29) is 11.8 Å². The number of esters is 1. The van der Waals surface area contributed by atoms with E-state index >= 15 is 0 Å². The number of benzene rings is 4. The minimum Gasteiger partial charge on any atom is -0.407 e. The summed E-state index contributed by atoms with van der Waals surface area (Å²) in [4.78, 5) is 27.0. The Morgan fingerprint density at radius 3 is 2.02 bits per heavy atom. The smallest absolute Gasteiger partial charge is 0.309 e. The van der Waals surface area contributed by atoms with Crippen molar-refractivity contribution in [3.05, 3.63) is 114 Å². The second-order valence-electron chi connectivity index (χ2n) is 9.85. The summed E-state index contributed by atoms with van der Waals surface area (Å²) in [5.41, 5.74) is 6.46. The molecule has 5 rings (SSSR count). The number of carbonyl (C=O) groups is 2. The van der Waals surface area contributed by atoms with Gasteiger partial charge in [-0.25, -0.2) is 4.39 Å². The van der Waals surface area contributed by atoms with Crippen molar-refractivity contribution in [2.75, 3.05) is 24.3 Å². The van der Waals surface area contributed by atoms with Crippen LogP contribution in [0.2, 0.25) is 0 Å². The van der Waals surface area contributed by atoms with Gasteiger partial charge in [0.2, 0.25) is 5.88 Å². The molecule has 0 aliphatic heterocycles. The molecular formula is C33H29FN4O3. The average molecular weight is 549 g/mol. The van der Waals surface area contributed by atoms with Crippen molar-refractivity contribution in [3.8, 4) is 34.0 Å². The van der Waals surface area contributed by atoms with Gasteiger partial charge in [-0.3, -0.25) is 9.59 Å². The summed E-state index contributed by atoms with van der Waals surface area (Å²) in [5, 5.41) is 7.75. The van der Waals surface area contributed by atoms with E-state index < -0.39 is 11.8 Å². The van der Waals surface area contributed by atoms with Gasteiger partial charge in [-0.05, 0) is 73.2 Å². The van der Waals surface area contributed by atoms with E-state index in [1.54, 1.807) is 36.4 Å². The van der Waals surface area contributed by atoms with Gasteiger partial charge in [0, 0.05) is 43.5 Å². The van der Waals surface area contributed by atoms with Crippen LogP contribution >= 0.6 is 0 Å². The molecule has 0 spiro atoms. The maximum atomic E-state index is 13.7. The summed E-state index contributed by atoms with van der Waals surface area (Å²) in [6.07, 6.45) is 0. The fraction of sp³-hybridized carbons (Fsp3) is 0.121. The van der Waals surface area contributed by atoms with Crippen LogP contribution in [0.3, 0.4) is 0 Å². The second kappa shape index (κ2) is 11.5. The van der Waals surface area contributed by atoms with Crippen LogP contribution in [0.25, 0.3) is 28.1 Å². The lowest BCUT2D eigenvalue weighted by atomic mass is 10.0. The molecule has 5 aromatic rings. The van der Waals surface area contributed by atoms with Gasteiger partial charge in [0.25, 0.3) is 5.91 Å². The highest BCUT2D eigenvalue weighted by molar-refractivity contribution is 6.04. The molecule has 7 nitrogen and oxygen atoms in total. The Bertz CT molecular complexity index is 1690. The zero-order valence-corrected chi connectivity index (χ0v) is 23.2. The van der Waals surface area contributed by atoms with Crippen molar-refractivity contribution in [1.82, 2.24) is 9.78 Å². The van der Waals surface area contributed by atoms with Crippen molar-refractivity contribution in [3.63, 3.8) is 0 Å². The molecule has 0 bridgehead atoms. The van der Waals surface area contributed by atoms with E-state index in [0.717, 1.165) is 22.4 Å². The van der Waals surface area contributed by atoms with Gasteiger partial charge in [-0.2, -0.15) is 9.78 Å². The molecule has 41 heavy (non-hydrogen) atoms. The normalized spacial score (nSPS) is 10.8. The number of rotatable bonds is 7. The Morgan fingerprint density at radius 1 is 0.829 bits per heavy atom. The number of hydrogen-bond acceptors (Lipinski definition) is 5. The van der Waals surface area contributed by atoms with Crippen LogP contribution in [0, 0.1) is 12.7 Å². The maximum absolute atomic E-state index is 13.7. The first kappa shape index (κ1) is 27.3. The topological polar surface area (TPSA) is 76.5 Å². The first-order valence-corrected chi connectivity index (χ1v) is 13.0. The fourth-order valence-corrected chi connectivity index (χ4v) is 4.40. The molecule has 1 amide bonds. The summed E-state index contributed by atoms with van der Waals surface area (Å²) in [7, 11) is 3.92. The molecule has 0 saturated heterocycles. The Labute approximate surface area is 237 Å². The highest BCUT2D eigenvalue weighted by Crippen LogP contribution is 2.41. The largest absolute Gasteiger partial charge is 0.407 e. The average Bonchev–Trinajstić information content (AvgIpc) is 3.32. The van der Waals surface area contributed by atoms with Crippen LogP contribution in [-0.4, -0.2) is 35.8 Å². The molecule has 0 radical (unpaired) electrons. The van der Waals surface area contributed by atoms with Crippen molar-refractivity contribution in [1.29, 1.82) is 0 Å². The molecular weight excluding hydrogens is 519 g/mol. The molecule has 0 atom stereocenters. The fourth-order valence-electron chi connectivity index (χ4n) is 4.40. The number of aromatic nitrogens is 2. The molecule has 0 saturated carbocycles. The number of aryl methyl sites for hydroxylation is 1. The summed E-state index contributed by atoms with van der Waals surface area (Å²) in [5.74, 6) is -0.930. The van der Waals surface area contributed by atoms with E-state index in [2.05, 4.69) is 5.32 Å². The summed E-state index contributed by atoms with van der Waals surface area (Å²) in [6, 6.07) is 28.2. The molecule has 8 heteroatoms. The maximum Gasteiger partial charge on any atom is 0.309 e. The van der Waals surface area contributed by atoms with Crippen LogP contribution in [0.1, 0.15) is 22.8 Å². The minimum absolute atomic E-state index is 0.201. The van der Waals surface area contributed by atoms with Gasteiger partial charge in [-0.1, -0.05) is 42.0 Å². The number of amides is 1. The van der Waals surface area contributed by atoms with Crippen LogP contribution < -0.4 is 15.0 Å². The van der Waals surface area contributed by atoms with Gasteiger partial charge < -0.3 is 15.0 Å². The molecule has 0 unspecified atom stereocenters. The molecule has 1 heterocycles. The summed E-state index contributed by atoms with van der Waals surface area (Å²) < 4.78 is 21.0. The first-order valence-electron chi connectivity index (χ1n) is 13.0. The van der Waals surface area contributed by atoms with E-state index in [1.165, 1.54) is 23.7 Å². The van der Waals surface area contributed by atoms with E-state index in [1.807, 2.05) is 74.4 Å². The van der Waals surface area contributed by atoms with Gasteiger partial charge in [-0.15, -0.1) is 0 Å². The number of ether oxygens (including phenoxy) is 1. The van der Waals surface area contributed by atoms with Gasteiger partial charge in [0.15, 0.2) is 0 Å². The second-order valence-corrected chi connectivity index (χ2v) is 9.85. The first-order chi connectivity index (χ1) is 19.7. The third-order valence-electron chi connectivity index (χ3n) is 6.56. The van der Waals surface area contributed by atoms with Crippen molar-refractivity contribution in [2.45, 2.75) is 13.8 Å². The summed E-state index contributed by atoms with van der Waals surface area (Å²) >= 11 is 0. The van der Waals surface area contributed by atoms with Crippen molar-refractivity contribution in [2.24, 2.45) is 0 Å². The number of halogens is 1. The number of anilines is 2. The zero-order chi connectivity index (χ0) is 29.1. The van der Waals surface area contributed by atoms with Gasteiger partial charge >= 0.3 is 5.97 Å². The zero-order valence-electron chi connectivity index (χ0n) is 23.2. The molecule has 0 aliphatic rings. The van der Waals surface area contributed by atoms with Crippen LogP contribution in [0.4, 0.5) is 15.8 Å². The number of carbonyl (C=O) groups excluding carboxylic acids is 2. The number of nitrogens with one attached hydrogen (secondary N) is 1. The third-order valence-corrected chi connectivity index (χ3v) is 6.56. The van der Waals surface area contributed by atoms with Gasteiger partial charge in [0.1, 0.15) is 11.5 Å².